The summed E-state index contributed by atoms with van der Waals surface area (Å²) in [5.41, 5.74) is 4.58. The first-order valence-corrected chi connectivity index (χ1v) is 11.3. The minimum absolute atomic E-state index is 0.335. The van der Waals surface area contributed by atoms with Crippen molar-refractivity contribution in [1.82, 2.24) is 5.43 Å². The van der Waals surface area contributed by atoms with Gasteiger partial charge in [0.15, 0.2) is 0 Å². The molecule has 0 aliphatic heterocycles. The molecular formula is C28H28N4O6. The topological polar surface area (TPSA) is 111 Å². The fourth-order valence-electron chi connectivity index (χ4n) is 3.25. The Labute approximate surface area is 220 Å². The molecule has 10 heteroatoms. The predicted molar refractivity (Wildman–Crippen MR) is 146 cm³/mol. The van der Waals surface area contributed by atoms with Crippen LogP contribution < -0.4 is 29.4 Å². The van der Waals surface area contributed by atoms with Gasteiger partial charge in [0.1, 0.15) is 23.0 Å². The molecule has 0 radical (unpaired) electrons. The molecule has 0 aliphatic carbocycles. The van der Waals surface area contributed by atoms with Gasteiger partial charge in [0, 0.05) is 28.8 Å². The number of hydrazone groups is 2. The van der Waals surface area contributed by atoms with Gasteiger partial charge in [0.05, 0.1) is 46.6 Å². The van der Waals surface area contributed by atoms with Crippen molar-refractivity contribution >= 4 is 29.9 Å². The van der Waals surface area contributed by atoms with Crippen LogP contribution in [0.3, 0.4) is 0 Å². The summed E-state index contributed by atoms with van der Waals surface area (Å²) in [5, 5.41) is 9.47. The highest BCUT2D eigenvalue weighted by molar-refractivity contribution is 6.02. The number of amides is 2. The molecule has 1 N–H and O–H groups in total. The molecule has 0 saturated carbocycles. The molecule has 0 atom stereocenters. The van der Waals surface area contributed by atoms with Gasteiger partial charge in [-0.05, 0) is 54.6 Å². The van der Waals surface area contributed by atoms with Crippen LogP contribution in [0.1, 0.15) is 21.5 Å². The number of nitrogens with zero attached hydrogens (tertiary/aromatic N) is 3. The van der Waals surface area contributed by atoms with Gasteiger partial charge >= 0.3 is 0 Å². The zero-order valence-corrected chi connectivity index (χ0v) is 21.5. The number of ether oxygens (including phenoxy) is 4. The Morgan fingerprint density at radius 1 is 0.763 bits per heavy atom. The summed E-state index contributed by atoms with van der Waals surface area (Å²) in [6.07, 6.45) is 4.12. The van der Waals surface area contributed by atoms with Gasteiger partial charge in [0.2, 0.25) is 0 Å². The summed E-state index contributed by atoms with van der Waals surface area (Å²) in [5.74, 6) is 1.47. The number of methoxy groups -OCH3 is 4. The summed E-state index contributed by atoms with van der Waals surface area (Å²) in [6, 6.07) is 16.8. The van der Waals surface area contributed by atoms with E-state index in [2.05, 4.69) is 22.2 Å². The van der Waals surface area contributed by atoms with E-state index in [0.717, 1.165) is 11.1 Å². The van der Waals surface area contributed by atoms with E-state index in [1.165, 1.54) is 12.4 Å². The highest BCUT2D eigenvalue weighted by atomic mass is 16.5. The molecule has 10 nitrogen and oxygen atoms in total. The third-order valence-corrected chi connectivity index (χ3v) is 5.21. The highest BCUT2D eigenvalue weighted by Crippen LogP contribution is 2.23. The molecule has 0 spiro atoms. The fraction of sp³-hybridized carbons (Fsp3) is 0.143. The minimum Gasteiger partial charge on any atom is -0.497 e. The van der Waals surface area contributed by atoms with Gasteiger partial charge in [-0.2, -0.15) is 15.2 Å². The van der Waals surface area contributed by atoms with Crippen LogP contribution in [0.5, 0.6) is 23.0 Å². The molecule has 0 bridgehead atoms. The molecule has 0 unspecified atom stereocenters. The van der Waals surface area contributed by atoms with Crippen molar-refractivity contribution in [3.05, 3.63) is 90.0 Å². The highest BCUT2D eigenvalue weighted by Gasteiger charge is 2.13. The fourth-order valence-corrected chi connectivity index (χ4v) is 3.25. The Balaban J connectivity index is 1.74. The van der Waals surface area contributed by atoms with E-state index >= 15 is 0 Å². The van der Waals surface area contributed by atoms with Gasteiger partial charge in [-0.1, -0.05) is 6.58 Å². The molecule has 38 heavy (non-hydrogen) atoms. The van der Waals surface area contributed by atoms with Crippen LogP contribution >= 0.6 is 0 Å². The number of hydrogen-bond donors (Lipinski definition) is 1. The van der Waals surface area contributed by atoms with Crippen LogP contribution in [-0.2, 0) is 4.79 Å². The molecule has 0 fully saturated rings. The zero-order chi connectivity index (χ0) is 27.5. The Morgan fingerprint density at radius 2 is 1.24 bits per heavy atom. The maximum Gasteiger partial charge on any atom is 0.271 e. The van der Waals surface area contributed by atoms with Crippen molar-refractivity contribution in [2.75, 3.05) is 33.4 Å². The molecule has 3 aromatic carbocycles. The lowest BCUT2D eigenvalue weighted by molar-refractivity contribution is -0.114. The Hall–Kier alpha value is -5.12. The van der Waals surface area contributed by atoms with Crippen molar-refractivity contribution in [3.8, 4) is 23.0 Å². The first-order chi connectivity index (χ1) is 18.4. The summed E-state index contributed by atoms with van der Waals surface area (Å²) < 4.78 is 21.0. The lowest BCUT2D eigenvalue weighted by Gasteiger charge is -2.15. The van der Waals surface area contributed by atoms with E-state index in [4.69, 9.17) is 18.9 Å². The van der Waals surface area contributed by atoms with Crippen molar-refractivity contribution < 1.29 is 28.5 Å². The van der Waals surface area contributed by atoms with E-state index < -0.39 is 11.8 Å². The molecular weight excluding hydrogens is 488 g/mol. The number of rotatable bonds is 11. The standard InChI is InChI=1S/C28H28N4O6/c1-6-27(33)32(30-18-20-13-25(37-4)16-26(14-20)38-5)22-9-7-21(8-10-22)28(34)31-29-17-19-11-23(35-2)15-24(12-19)36-3/h6-18H,1H2,2-5H3,(H,31,34). The van der Waals surface area contributed by atoms with Crippen LogP contribution in [0.4, 0.5) is 5.69 Å². The molecule has 0 heterocycles. The number of anilines is 1. The second-order valence-electron chi connectivity index (χ2n) is 7.64. The van der Waals surface area contributed by atoms with Gasteiger partial charge in [0.25, 0.3) is 11.8 Å². The normalized spacial score (nSPS) is 10.7. The summed E-state index contributed by atoms with van der Waals surface area (Å²) in [4.78, 5) is 25.1. The summed E-state index contributed by atoms with van der Waals surface area (Å²) >= 11 is 0. The molecule has 0 aliphatic rings. The second-order valence-corrected chi connectivity index (χ2v) is 7.64. The van der Waals surface area contributed by atoms with Crippen LogP contribution in [0.25, 0.3) is 0 Å². The van der Waals surface area contributed by atoms with Crippen molar-refractivity contribution in [2.45, 2.75) is 0 Å². The summed E-state index contributed by atoms with van der Waals surface area (Å²) in [7, 11) is 6.18. The predicted octanol–water partition coefficient (Wildman–Crippen LogP) is 4.04. The zero-order valence-electron chi connectivity index (χ0n) is 21.5. The van der Waals surface area contributed by atoms with Gasteiger partial charge in [-0.25, -0.2) is 5.43 Å². The number of carbonyl (C=O) groups is 2. The van der Waals surface area contributed by atoms with E-state index in [1.54, 1.807) is 89.1 Å². The van der Waals surface area contributed by atoms with Crippen molar-refractivity contribution in [1.29, 1.82) is 0 Å². The van der Waals surface area contributed by atoms with Gasteiger partial charge < -0.3 is 18.9 Å². The Bertz CT molecular complexity index is 1310. The smallest absolute Gasteiger partial charge is 0.271 e. The SMILES string of the molecule is C=CC(=O)N(N=Cc1cc(OC)cc(OC)c1)c1ccc(C(=O)NN=Cc2cc(OC)cc(OC)c2)cc1. The van der Waals surface area contributed by atoms with Gasteiger partial charge in [-0.15, -0.1) is 0 Å². The molecule has 3 rings (SSSR count). The van der Waals surface area contributed by atoms with Crippen LogP contribution in [0, 0.1) is 0 Å². The lowest BCUT2D eigenvalue weighted by atomic mass is 10.2. The van der Waals surface area contributed by atoms with Crippen LogP contribution in [0.2, 0.25) is 0 Å². The minimum atomic E-state index is -0.452. The number of nitrogens with one attached hydrogen (secondary N) is 1. The number of hydrogen-bond acceptors (Lipinski definition) is 8. The Morgan fingerprint density at radius 3 is 1.68 bits per heavy atom. The molecule has 196 valence electrons. The van der Waals surface area contributed by atoms with E-state index in [-0.39, 0.29) is 0 Å². The average Bonchev–Trinajstić information content (AvgIpc) is 2.96. The average molecular weight is 517 g/mol. The maximum absolute atomic E-state index is 12.6. The van der Waals surface area contributed by atoms with Crippen molar-refractivity contribution in [2.24, 2.45) is 10.2 Å². The van der Waals surface area contributed by atoms with Gasteiger partial charge in [-0.3, -0.25) is 9.59 Å². The molecule has 2 amide bonds. The molecule has 0 saturated heterocycles. The first kappa shape index (κ1) is 27.5. The third-order valence-electron chi connectivity index (χ3n) is 5.21. The van der Waals surface area contributed by atoms with E-state index in [9.17, 15) is 9.59 Å². The van der Waals surface area contributed by atoms with E-state index in [0.29, 0.717) is 45.4 Å². The lowest BCUT2D eigenvalue weighted by Crippen LogP contribution is -2.23. The quantitative estimate of drug-likeness (QED) is 0.234. The third kappa shape index (κ3) is 7.20. The first-order valence-electron chi connectivity index (χ1n) is 11.3. The number of benzene rings is 3. The maximum atomic E-state index is 12.6. The van der Waals surface area contributed by atoms with Crippen molar-refractivity contribution in [3.63, 3.8) is 0 Å². The second kappa shape index (κ2) is 13.3. The summed E-state index contributed by atoms with van der Waals surface area (Å²) in [6.45, 7) is 3.54. The van der Waals surface area contributed by atoms with Crippen LogP contribution in [0.15, 0.2) is 83.5 Å². The molecule has 3 aromatic rings. The van der Waals surface area contributed by atoms with E-state index in [1.807, 2.05) is 0 Å². The van der Waals surface area contributed by atoms with Crippen LogP contribution in [-0.4, -0.2) is 52.7 Å². The Kier molecular flexibility index (Phi) is 9.59. The largest absolute Gasteiger partial charge is 0.497 e. The molecule has 0 aromatic heterocycles. The number of carbonyl (C=O) groups excluding carboxylic acids is 2. The monoisotopic (exact) mass is 516 g/mol.